The number of benzene rings is 2. The van der Waals surface area contributed by atoms with Crippen molar-refractivity contribution in [2.75, 3.05) is 25.5 Å². The monoisotopic (exact) mass is 517 g/mol. The average Bonchev–Trinajstić information content (AvgIpc) is 3.59. The molecule has 5 rings (SSSR count). The number of anilines is 1. The summed E-state index contributed by atoms with van der Waals surface area (Å²) in [5, 5.41) is 7.98. The minimum Gasteiger partial charge on any atom is -0.370 e. The van der Waals surface area contributed by atoms with Gasteiger partial charge >= 0.3 is 0 Å². The van der Waals surface area contributed by atoms with Gasteiger partial charge in [0.05, 0.1) is 21.8 Å². The van der Waals surface area contributed by atoms with Crippen molar-refractivity contribution in [3.63, 3.8) is 0 Å². The molecule has 0 bridgehead atoms. The molecule has 0 unspecified atom stereocenters. The van der Waals surface area contributed by atoms with Crippen LogP contribution in [0.5, 0.6) is 0 Å². The van der Waals surface area contributed by atoms with E-state index in [-0.39, 0.29) is 11.3 Å². The van der Waals surface area contributed by atoms with E-state index in [2.05, 4.69) is 57.5 Å². The highest BCUT2D eigenvalue weighted by molar-refractivity contribution is 9.10. The topological polar surface area (TPSA) is 62.5 Å². The van der Waals surface area contributed by atoms with Crippen LogP contribution >= 0.6 is 15.9 Å². The van der Waals surface area contributed by atoms with E-state index in [1.807, 2.05) is 52.9 Å². The van der Waals surface area contributed by atoms with Crippen LogP contribution in [0.3, 0.4) is 0 Å². The highest BCUT2D eigenvalue weighted by atomic mass is 79.9. The fourth-order valence-electron chi connectivity index (χ4n) is 4.57. The molecule has 0 aliphatic heterocycles. The van der Waals surface area contributed by atoms with Crippen LogP contribution in [0.15, 0.2) is 71.3 Å². The third kappa shape index (κ3) is 4.20. The maximum absolute atomic E-state index is 13.2. The molecule has 7 heteroatoms. The van der Waals surface area contributed by atoms with E-state index in [4.69, 9.17) is 4.98 Å². The van der Waals surface area contributed by atoms with Crippen molar-refractivity contribution in [1.29, 1.82) is 0 Å². The zero-order chi connectivity index (χ0) is 23.7. The van der Waals surface area contributed by atoms with E-state index in [0.717, 1.165) is 58.6 Å². The van der Waals surface area contributed by atoms with E-state index in [0.29, 0.717) is 6.54 Å². The Morgan fingerprint density at radius 1 is 1.15 bits per heavy atom. The van der Waals surface area contributed by atoms with Gasteiger partial charge in [0, 0.05) is 31.8 Å². The number of rotatable bonds is 8. The van der Waals surface area contributed by atoms with E-state index in [1.165, 1.54) is 5.56 Å². The van der Waals surface area contributed by atoms with Crippen LogP contribution in [-0.2, 0) is 10.2 Å². The Morgan fingerprint density at radius 3 is 2.62 bits per heavy atom. The van der Waals surface area contributed by atoms with Crippen LogP contribution in [0.25, 0.3) is 16.9 Å². The van der Waals surface area contributed by atoms with E-state index < -0.39 is 0 Å². The molecule has 0 atom stereocenters. The smallest absolute Gasteiger partial charge is 0.232 e. The summed E-state index contributed by atoms with van der Waals surface area (Å²) in [4.78, 5) is 19.9. The molecule has 2 heterocycles. The fourth-order valence-corrected chi connectivity index (χ4v) is 4.92. The number of likely N-dealkylation sites (N-methyl/N-ethyl adjacent to an activating group) is 1. The normalized spacial score (nSPS) is 14.2. The molecule has 1 aliphatic carbocycles. The predicted octanol–water partition coefficient (Wildman–Crippen LogP) is 5.46. The number of fused-ring (bicyclic) bond motifs is 1. The molecule has 4 aromatic rings. The summed E-state index contributed by atoms with van der Waals surface area (Å²) in [5.74, 6) is 1.11. The summed E-state index contributed by atoms with van der Waals surface area (Å²) in [6.07, 6.45) is 4.46. The first-order valence-electron chi connectivity index (χ1n) is 11.6. The molecule has 1 aliphatic rings. The molecule has 34 heavy (non-hydrogen) atoms. The molecule has 1 N–H and O–H groups in total. The fraction of sp³-hybridized carbons (Fsp3) is 0.296. The zero-order valence-corrected chi connectivity index (χ0v) is 21.0. The summed E-state index contributed by atoms with van der Waals surface area (Å²) < 4.78 is 2.67. The van der Waals surface area contributed by atoms with Gasteiger partial charge in [0.15, 0.2) is 5.65 Å². The number of nitrogens with zero attached hydrogens (tertiary/aromatic N) is 4. The van der Waals surface area contributed by atoms with Gasteiger partial charge < -0.3 is 10.2 Å². The van der Waals surface area contributed by atoms with E-state index in [9.17, 15) is 4.79 Å². The highest BCUT2D eigenvalue weighted by Gasteiger charge is 2.52. The van der Waals surface area contributed by atoms with Crippen LogP contribution in [-0.4, -0.2) is 45.5 Å². The van der Waals surface area contributed by atoms with Crippen molar-refractivity contribution >= 4 is 33.3 Å². The van der Waals surface area contributed by atoms with Crippen LogP contribution in [0.1, 0.15) is 30.4 Å². The van der Waals surface area contributed by atoms with Gasteiger partial charge in [-0.15, -0.1) is 0 Å². The lowest BCUT2D eigenvalue weighted by Gasteiger charge is -2.24. The van der Waals surface area contributed by atoms with Gasteiger partial charge in [-0.3, -0.25) is 4.79 Å². The van der Waals surface area contributed by atoms with Crippen molar-refractivity contribution in [3.8, 4) is 11.3 Å². The molecule has 2 aromatic carbocycles. The van der Waals surface area contributed by atoms with Gasteiger partial charge in [0.1, 0.15) is 5.82 Å². The average molecular weight is 518 g/mol. The Morgan fingerprint density at radius 2 is 1.88 bits per heavy atom. The lowest BCUT2D eigenvalue weighted by Crippen LogP contribution is -2.37. The van der Waals surface area contributed by atoms with Crippen molar-refractivity contribution < 1.29 is 4.79 Å². The number of nitrogens with one attached hydrogen (secondary N) is 1. The summed E-state index contributed by atoms with van der Waals surface area (Å²) in [6.45, 7) is 3.51. The van der Waals surface area contributed by atoms with Gasteiger partial charge in [-0.1, -0.05) is 54.6 Å². The highest BCUT2D eigenvalue weighted by Crippen LogP contribution is 2.49. The maximum atomic E-state index is 13.2. The Labute approximate surface area is 208 Å². The number of aromatic nitrogens is 3. The number of hydrogen-bond acceptors (Lipinski definition) is 4. The molecule has 1 fully saturated rings. The third-order valence-electron chi connectivity index (χ3n) is 6.66. The number of carbonyl (C=O) groups excluding carboxylic acids is 1. The van der Waals surface area contributed by atoms with Gasteiger partial charge in [-0.05, 0) is 53.2 Å². The number of aryl methyl sites for hydroxylation is 1. The third-order valence-corrected chi connectivity index (χ3v) is 7.22. The minimum atomic E-state index is -0.315. The predicted molar refractivity (Wildman–Crippen MR) is 139 cm³/mol. The molecule has 1 amide bonds. The molecule has 0 spiro atoms. The van der Waals surface area contributed by atoms with Crippen LogP contribution in [0.2, 0.25) is 0 Å². The van der Waals surface area contributed by atoms with Crippen molar-refractivity contribution in [2.45, 2.75) is 31.6 Å². The van der Waals surface area contributed by atoms with Crippen molar-refractivity contribution in [2.24, 2.45) is 0 Å². The lowest BCUT2D eigenvalue weighted by molar-refractivity contribution is -0.132. The van der Waals surface area contributed by atoms with E-state index in [1.54, 1.807) is 6.20 Å². The lowest BCUT2D eigenvalue weighted by atomic mass is 9.94. The van der Waals surface area contributed by atoms with Crippen molar-refractivity contribution in [1.82, 2.24) is 19.5 Å². The van der Waals surface area contributed by atoms with Crippen LogP contribution < -0.4 is 5.32 Å². The quantitative estimate of drug-likeness (QED) is 0.315. The van der Waals surface area contributed by atoms with Crippen LogP contribution in [0.4, 0.5) is 5.82 Å². The van der Waals surface area contributed by atoms with Gasteiger partial charge in [-0.2, -0.15) is 9.61 Å². The zero-order valence-electron chi connectivity index (χ0n) is 19.5. The van der Waals surface area contributed by atoms with Gasteiger partial charge in [0.25, 0.3) is 0 Å². The Bertz CT molecular complexity index is 1330. The molecule has 0 saturated heterocycles. The molecule has 1 saturated carbocycles. The SMILES string of the molecule is Cc1ccccc1-c1cc(NCCCN(C)C(=O)C2(c3ccccc3)CC2)n2ncc(Br)c2n1. The Hall–Kier alpha value is -3.19. The van der Waals surface area contributed by atoms with Gasteiger partial charge in [-0.25, -0.2) is 4.98 Å². The first-order valence-corrected chi connectivity index (χ1v) is 12.4. The second-order valence-electron chi connectivity index (χ2n) is 9.02. The van der Waals surface area contributed by atoms with E-state index >= 15 is 0 Å². The minimum absolute atomic E-state index is 0.225. The summed E-state index contributed by atoms with van der Waals surface area (Å²) in [5.41, 5.74) is 4.77. The molecular formula is C27H28BrN5O. The molecule has 0 radical (unpaired) electrons. The van der Waals surface area contributed by atoms with Crippen LogP contribution in [0, 0.1) is 6.92 Å². The summed E-state index contributed by atoms with van der Waals surface area (Å²) in [6, 6.07) is 20.5. The first kappa shape index (κ1) is 22.6. The molecule has 2 aromatic heterocycles. The first-order chi connectivity index (χ1) is 16.5. The molecule has 6 nitrogen and oxygen atoms in total. The number of carbonyl (C=O) groups is 1. The number of amides is 1. The van der Waals surface area contributed by atoms with Gasteiger partial charge in [0.2, 0.25) is 5.91 Å². The number of hydrogen-bond donors (Lipinski definition) is 1. The molecular weight excluding hydrogens is 490 g/mol. The second-order valence-corrected chi connectivity index (χ2v) is 9.88. The number of halogens is 1. The molecule has 174 valence electrons. The largest absolute Gasteiger partial charge is 0.370 e. The van der Waals surface area contributed by atoms with Crippen molar-refractivity contribution in [3.05, 3.63) is 82.5 Å². The standard InChI is InChI=1S/C27H28BrN5O/c1-19-9-6-7-12-21(19)23-17-24(33-25(31-23)22(28)18-30-33)29-15-8-16-32(2)26(34)27(13-14-27)20-10-4-3-5-11-20/h3-7,9-12,17-18,29H,8,13-16H2,1-2H3. The maximum Gasteiger partial charge on any atom is 0.232 e. The Kier molecular flexibility index (Phi) is 6.13. The Balaban J connectivity index is 1.27. The second kappa shape index (κ2) is 9.22. The summed E-state index contributed by atoms with van der Waals surface area (Å²) in [7, 11) is 1.91. The summed E-state index contributed by atoms with van der Waals surface area (Å²) >= 11 is 3.57.